The van der Waals surface area contributed by atoms with Crippen molar-refractivity contribution in [3.63, 3.8) is 0 Å². The van der Waals surface area contributed by atoms with Crippen molar-refractivity contribution in [2.45, 2.75) is 57.3 Å². The summed E-state index contributed by atoms with van der Waals surface area (Å²) in [5.74, 6) is 0.677. The summed E-state index contributed by atoms with van der Waals surface area (Å²) in [5, 5.41) is 0. The quantitative estimate of drug-likeness (QED) is 0.804. The molecule has 0 radical (unpaired) electrons. The fourth-order valence-electron chi connectivity index (χ4n) is 4.63. The zero-order chi connectivity index (χ0) is 17.8. The normalized spacial score (nSPS) is 27.2. The van der Waals surface area contributed by atoms with Gasteiger partial charge in [-0.3, -0.25) is 4.90 Å². The molecule has 1 aromatic rings. The van der Waals surface area contributed by atoms with Crippen molar-refractivity contribution >= 4 is 0 Å². The van der Waals surface area contributed by atoms with E-state index in [2.05, 4.69) is 36.1 Å². The second-order valence-corrected chi connectivity index (χ2v) is 8.47. The zero-order valence-corrected chi connectivity index (χ0v) is 16.1. The largest absolute Gasteiger partial charge is 0.381 e. The topological polar surface area (TPSA) is 30.9 Å². The van der Waals surface area contributed by atoms with Gasteiger partial charge in [0.2, 0.25) is 0 Å². The van der Waals surface area contributed by atoms with E-state index < -0.39 is 0 Å². The van der Waals surface area contributed by atoms with Gasteiger partial charge < -0.3 is 14.2 Å². The number of likely N-dealkylation sites (tertiary alicyclic amines) is 1. The summed E-state index contributed by atoms with van der Waals surface area (Å²) in [7, 11) is 0. The lowest BCUT2D eigenvalue weighted by Gasteiger charge is -2.38. The maximum Gasteiger partial charge on any atom is 0.0836 e. The average Bonchev–Trinajstić information content (AvgIpc) is 3.06. The number of nitrogens with zero attached hydrogens (tertiary/aromatic N) is 1. The van der Waals surface area contributed by atoms with E-state index in [-0.39, 0.29) is 5.60 Å². The van der Waals surface area contributed by atoms with Gasteiger partial charge in [0.05, 0.1) is 24.9 Å². The molecule has 3 heterocycles. The van der Waals surface area contributed by atoms with E-state index in [1.54, 1.807) is 0 Å². The Morgan fingerprint density at radius 1 is 1.19 bits per heavy atom. The van der Waals surface area contributed by atoms with Gasteiger partial charge in [0, 0.05) is 39.3 Å². The molecule has 4 nitrogen and oxygen atoms in total. The molecule has 3 aliphatic heterocycles. The molecule has 0 saturated carbocycles. The van der Waals surface area contributed by atoms with Gasteiger partial charge in [0.25, 0.3) is 0 Å². The minimum atomic E-state index is 0.0729. The van der Waals surface area contributed by atoms with Gasteiger partial charge in [0.1, 0.15) is 0 Å². The molecule has 0 aliphatic carbocycles. The predicted octanol–water partition coefficient (Wildman–Crippen LogP) is 3.56. The highest BCUT2D eigenvalue weighted by molar-refractivity contribution is 5.22. The molecule has 144 valence electrons. The fraction of sp³-hybridized carbons (Fsp3) is 0.727. The fourth-order valence-corrected chi connectivity index (χ4v) is 4.63. The van der Waals surface area contributed by atoms with Crippen LogP contribution in [0.1, 0.15) is 43.2 Å². The van der Waals surface area contributed by atoms with Crippen LogP contribution in [0.2, 0.25) is 0 Å². The second kappa shape index (κ2) is 8.39. The number of piperidine rings is 1. The maximum atomic E-state index is 6.28. The number of hydrogen-bond acceptors (Lipinski definition) is 4. The molecule has 3 saturated heterocycles. The summed E-state index contributed by atoms with van der Waals surface area (Å²) >= 11 is 0. The van der Waals surface area contributed by atoms with Crippen LogP contribution in [-0.2, 0) is 20.8 Å². The van der Waals surface area contributed by atoms with Crippen LogP contribution in [0.5, 0.6) is 0 Å². The predicted molar refractivity (Wildman–Crippen MR) is 102 cm³/mol. The standard InChI is InChI=1S/C22H33NO3/c1-18-3-2-4-20(13-18)15-23-9-7-22(8-10-23)14-21(17-26-22)25-16-19-5-11-24-12-6-19/h2-4,13,19,21H,5-12,14-17H2,1H3. The van der Waals surface area contributed by atoms with E-state index in [0.29, 0.717) is 12.0 Å². The van der Waals surface area contributed by atoms with Crippen molar-refractivity contribution in [2.75, 3.05) is 39.5 Å². The lowest BCUT2D eigenvalue weighted by Crippen LogP contribution is -2.44. The lowest BCUT2D eigenvalue weighted by atomic mass is 9.87. The molecule has 26 heavy (non-hydrogen) atoms. The summed E-state index contributed by atoms with van der Waals surface area (Å²) in [4.78, 5) is 2.57. The van der Waals surface area contributed by atoms with E-state index in [4.69, 9.17) is 14.2 Å². The van der Waals surface area contributed by atoms with Crippen molar-refractivity contribution in [3.8, 4) is 0 Å². The van der Waals surface area contributed by atoms with E-state index in [1.165, 1.54) is 11.1 Å². The number of rotatable bonds is 5. The highest BCUT2D eigenvalue weighted by Crippen LogP contribution is 2.37. The van der Waals surface area contributed by atoms with Crippen LogP contribution in [0.25, 0.3) is 0 Å². The van der Waals surface area contributed by atoms with Gasteiger partial charge in [-0.25, -0.2) is 0 Å². The molecular formula is C22H33NO3. The second-order valence-electron chi connectivity index (χ2n) is 8.47. The van der Waals surface area contributed by atoms with Gasteiger partial charge in [0.15, 0.2) is 0 Å². The number of hydrogen-bond donors (Lipinski definition) is 0. The number of ether oxygens (including phenoxy) is 3. The van der Waals surface area contributed by atoms with E-state index >= 15 is 0 Å². The first-order valence-electron chi connectivity index (χ1n) is 10.3. The van der Waals surface area contributed by atoms with Crippen molar-refractivity contribution < 1.29 is 14.2 Å². The Labute approximate surface area is 157 Å². The average molecular weight is 360 g/mol. The van der Waals surface area contributed by atoms with Crippen molar-refractivity contribution in [3.05, 3.63) is 35.4 Å². The summed E-state index contributed by atoms with van der Waals surface area (Å²) in [6.45, 7) is 8.93. The highest BCUT2D eigenvalue weighted by atomic mass is 16.6. The van der Waals surface area contributed by atoms with Gasteiger partial charge >= 0.3 is 0 Å². The molecule has 1 aromatic carbocycles. The van der Waals surface area contributed by atoms with Gasteiger partial charge in [-0.1, -0.05) is 29.8 Å². The van der Waals surface area contributed by atoms with Crippen LogP contribution >= 0.6 is 0 Å². The third-order valence-corrected chi connectivity index (χ3v) is 6.34. The van der Waals surface area contributed by atoms with E-state index in [9.17, 15) is 0 Å². The van der Waals surface area contributed by atoms with Gasteiger partial charge in [-0.2, -0.15) is 0 Å². The van der Waals surface area contributed by atoms with Crippen LogP contribution in [0.3, 0.4) is 0 Å². The Morgan fingerprint density at radius 3 is 2.77 bits per heavy atom. The molecule has 4 rings (SSSR count). The Bertz CT molecular complexity index is 577. The molecule has 1 atom stereocenters. The maximum absolute atomic E-state index is 6.28. The van der Waals surface area contributed by atoms with Crippen molar-refractivity contribution in [1.29, 1.82) is 0 Å². The SMILES string of the molecule is Cc1cccc(CN2CCC3(CC2)CC(OCC2CCOCC2)CO3)c1. The Kier molecular flexibility index (Phi) is 5.94. The molecule has 0 aromatic heterocycles. The van der Waals surface area contributed by atoms with Crippen LogP contribution < -0.4 is 0 Å². The van der Waals surface area contributed by atoms with Crippen molar-refractivity contribution in [2.24, 2.45) is 5.92 Å². The lowest BCUT2D eigenvalue weighted by molar-refractivity contribution is -0.0479. The molecule has 1 spiro atoms. The minimum Gasteiger partial charge on any atom is -0.381 e. The van der Waals surface area contributed by atoms with Crippen LogP contribution in [0.4, 0.5) is 0 Å². The third kappa shape index (κ3) is 4.66. The molecular weight excluding hydrogens is 326 g/mol. The Balaban J connectivity index is 1.21. The van der Waals surface area contributed by atoms with Crippen LogP contribution in [-0.4, -0.2) is 56.1 Å². The molecule has 4 heteroatoms. The molecule has 3 aliphatic rings. The molecule has 0 amide bonds. The Hall–Kier alpha value is -0.940. The smallest absolute Gasteiger partial charge is 0.0836 e. The summed E-state index contributed by atoms with van der Waals surface area (Å²) in [6.07, 6.45) is 5.93. The molecule has 1 unspecified atom stereocenters. The molecule has 3 fully saturated rings. The van der Waals surface area contributed by atoms with Gasteiger partial charge in [-0.15, -0.1) is 0 Å². The summed E-state index contributed by atoms with van der Waals surface area (Å²) < 4.78 is 17.9. The molecule has 0 N–H and O–H groups in total. The first-order chi connectivity index (χ1) is 12.7. The van der Waals surface area contributed by atoms with Crippen LogP contribution in [0.15, 0.2) is 24.3 Å². The number of benzene rings is 1. The van der Waals surface area contributed by atoms with Crippen molar-refractivity contribution in [1.82, 2.24) is 4.90 Å². The summed E-state index contributed by atoms with van der Waals surface area (Å²) in [5.41, 5.74) is 2.84. The number of aryl methyl sites for hydroxylation is 1. The first-order valence-corrected chi connectivity index (χ1v) is 10.3. The van der Waals surface area contributed by atoms with E-state index in [0.717, 1.165) is 78.2 Å². The highest BCUT2D eigenvalue weighted by Gasteiger charge is 2.43. The molecule has 0 bridgehead atoms. The minimum absolute atomic E-state index is 0.0729. The summed E-state index contributed by atoms with van der Waals surface area (Å²) in [6, 6.07) is 8.87. The monoisotopic (exact) mass is 359 g/mol. The third-order valence-electron chi connectivity index (χ3n) is 6.34. The first kappa shape index (κ1) is 18.4. The Morgan fingerprint density at radius 2 is 2.00 bits per heavy atom. The van der Waals surface area contributed by atoms with E-state index in [1.807, 2.05) is 0 Å². The zero-order valence-electron chi connectivity index (χ0n) is 16.1. The van der Waals surface area contributed by atoms with Crippen LogP contribution in [0, 0.1) is 12.8 Å². The van der Waals surface area contributed by atoms with Gasteiger partial charge in [-0.05, 0) is 44.1 Å².